The summed E-state index contributed by atoms with van der Waals surface area (Å²) in [5, 5.41) is 0.0909. The van der Waals surface area contributed by atoms with E-state index in [4.69, 9.17) is 0 Å². The summed E-state index contributed by atoms with van der Waals surface area (Å²) < 4.78 is 0. The third kappa shape index (κ3) is 6.58. The number of hydrogen-bond donors (Lipinski definition) is 0. The Morgan fingerprint density at radius 3 is 2.32 bits per heavy atom. The molecule has 0 spiro atoms. The molecule has 0 unspecified atom stereocenters. The van der Waals surface area contributed by atoms with E-state index >= 15 is 0 Å². The van der Waals surface area contributed by atoms with Crippen LogP contribution in [0.1, 0.15) is 60.7 Å². The van der Waals surface area contributed by atoms with E-state index in [-0.39, 0.29) is 5.12 Å². The molecule has 2 nitrogen and oxygen atoms in total. The lowest BCUT2D eigenvalue weighted by Crippen LogP contribution is -2.04. The van der Waals surface area contributed by atoms with Crippen LogP contribution in [0.2, 0.25) is 0 Å². The Hall–Kier alpha value is -1.09. The smallest absolute Gasteiger partial charge is 0.219 e. The highest BCUT2D eigenvalue weighted by Crippen LogP contribution is 2.23. The van der Waals surface area contributed by atoms with E-state index in [1.165, 1.54) is 18.2 Å². The standard InChI is InChI=1S/C16H22O2S/c1-16(2,3)10-4-5-11-19-15(18)14-8-6-13(12-17)7-9-14/h6-9,12H,4-5,10-11H2,1-3H3. The van der Waals surface area contributed by atoms with E-state index in [0.717, 1.165) is 24.9 Å². The predicted octanol–water partition coefficient (Wildman–Crippen LogP) is 4.59. The second-order valence-electron chi connectivity index (χ2n) is 5.89. The van der Waals surface area contributed by atoms with Gasteiger partial charge in [0.25, 0.3) is 0 Å². The van der Waals surface area contributed by atoms with Gasteiger partial charge < -0.3 is 0 Å². The van der Waals surface area contributed by atoms with Gasteiger partial charge in [-0.05, 0) is 30.4 Å². The summed E-state index contributed by atoms with van der Waals surface area (Å²) in [6.45, 7) is 6.71. The minimum absolute atomic E-state index is 0.0909. The molecule has 0 aliphatic heterocycles. The van der Waals surface area contributed by atoms with Crippen LogP contribution in [-0.4, -0.2) is 17.2 Å². The van der Waals surface area contributed by atoms with E-state index < -0.39 is 0 Å². The molecule has 0 aliphatic carbocycles. The Morgan fingerprint density at radius 2 is 1.79 bits per heavy atom. The highest BCUT2D eigenvalue weighted by molar-refractivity contribution is 8.14. The van der Waals surface area contributed by atoms with Gasteiger partial charge in [0.15, 0.2) is 0 Å². The Balaban J connectivity index is 2.29. The molecular weight excluding hydrogens is 256 g/mol. The Bertz CT molecular complexity index is 415. The van der Waals surface area contributed by atoms with E-state index in [1.807, 2.05) is 0 Å². The number of rotatable bonds is 6. The lowest BCUT2D eigenvalue weighted by molar-refractivity contribution is 0.108. The number of aldehydes is 1. The fourth-order valence-electron chi connectivity index (χ4n) is 1.70. The molecule has 0 saturated heterocycles. The predicted molar refractivity (Wildman–Crippen MR) is 81.9 cm³/mol. The molecule has 1 rings (SSSR count). The van der Waals surface area contributed by atoms with Crippen LogP contribution < -0.4 is 0 Å². The molecule has 0 atom stereocenters. The Labute approximate surface area is 120 Å². The van der Waals surface area contributed by atoms with E-state index in [2.05, 4.69) is 20.8 Å². The van der Waals surface area contributed by atoms with Gasteiger partial charge in [-0.25, -0.2) is 0 Å². The van der Waals surface area contributed by atoms with E-state index in [0.29, 0.717) is 16.5 Å². The van der Waals surface area contributed by atoms with Crippen molar-refractivity contribution in [3.63, 3.8) is 0 Å². The zero-order chi connectivity index (χ0) is 14.3. The molecular formula is C16H22O2S. The third-order valence-electron chi connectivity index (χ3n) is 2.84. The maximum atomic E-state index is 11.9. The second-order valence-corrected chi connectivity index (χ2v) is 6.96. The average molecular weight is 278 g/mol. The van der Waals surface area contributed by atoms with Gasteiger partial charge in [-0.1, -0.05) is 51.1 Å². The fourth-order valence-corrected chi connectivity index (χ4v) is 2.54. The summed E-state index contributed by atoms with van der Waals surface area (Å²) >= 11 is 1.37. The van der Waals surface area contributed by atoms with Crippen molar-refractivity contribution in [2.24, 2.45) is 5.41 Å². The highest BCUT2D eigenvalue weighted by Gasteiger charge is 2.10. The fraction of sp³-hybridized carbons (Fsp3) is 0.500. The zero-order valence-corrected chi connectivity index (χ0v) is 12.8. The van der Waals surface area contributed by atoms with Crippen molar-refractivity contribution < 1.29 is 9.59 Å². The monoisotopic (exact) mass is 278 g/mol. The molecule has 0 radical (unpaired) electrons. The first-order valence-corrected chi connectivity index (χ1v) is 7.63. The SMILES string of the molecule is CC(C)(C)CCCCSC(=O)c1ccc(C=O)cc1. The number of hydrogen-bond acceptors (Lipinski definition) is 3. The van der Waals surface area contributed by atoms with Crippen LogP contribution in [0.15, 0.2) is 24.3 Å². The van der Waals surface area contributed by atoms with Crippen LogP contribution >= 0.6 is 11.8 Å². The van der Waals surface area contributed by atoms with Crippen LogP contribution in [-0.2, 0) is 0 Å². The summed E-state index contributed by atoms with van der Waals surface area (Å²) in [5.74, 6) is 0.865. The molecule has 0 amide bonds. The molecule has 0 fully saturated rings. The molecule has 0 aromatic heterocycles. The molecule has 3 heteroatoms. The van der Waals surface area contributed by atoms with Crippen molar-refractivity contribution in [3.05, 3.63) is 35.4 Å². The third-order valence-corrected chi connectivity index (χ3v) is 3.83. The zero-order valence-electron chi connectivity index (χ0n) is 11.9. The van der Waals surface area contributed by atoms with Crippen LogP contribution in [0.25, 0.3) is 0 Å². The van der Waals surface area contributed by atoms with Crippen LogP contribution in [0.3, 0.4) is 0 Å². The Morgan fingerprint density at radius 1 is 1.16 bits per heavy atom. The maximum absolute atomic E-state index is 11.9. The highest BCUT2D eigenvalue weighted by atomic mass is 32.2. The number of unbranched alkanes of at least 4 members (excludes halogenated alkanes) is 1. The second kappa shape index (κ2) is 7.49. The van der Waals surface area contributed by atoms with E-state index in [9.17, 15) is 9.59 Å². The molecule has 0 N–H and O–H groups in total. The normalized spacial score (nSPS) is 11.3. The topological polar surface area (TPSA) is 34.1 Å². The molecule has 1 aromatic rings. The largest absolute Gasteiger partial charge is 0.298 e. The first kappa shape index (κ1) is 16.0. The minimum Gasteiger partial charge on any atom is -0.298 e. The summed E-state index contributed by atoms with van der Waals surface area (Å²) in [6, 6.07) is 6.79. The van der Waals surface area contributed by atoms with Crippen LogP contribution in [0, 0.1) is 5.41 Å². The van der Waals surface area contributed by atoms with E-state index in [1.54, 1.807) is 24.3 Å². The van der Waals surface area contributed by atoms with Crippen molar-refractivity contribution in [3.8, 4) is 0 Å². The lowest BCUT2D eigenvalue weighted by Gasteiger charge is -2.17. The average Bonchev–Trinajstić information content (AvgIpc) is 2.37. The molecule has 0 bridgehead atoms. The summed E-state index contributed by atoms with van der Waals surface area (Å²) in [4.78, 5) is 22.4. The van der Waals surface area contributed by atoms with Crippen molar-refractivity contribution in [1.82, 2.24) is 0 Å². The van der Waals surface area contributed by atoms with Crippen LogP contribution in [0.4, 0.5) is 0 Å². The first-order chi connectivity index (χ1) is 8.92. The van der Waals surface area contributed by atoms with Crippen molar-refractivity contribution in [1.29, 1.82) is 0 Å². The van der Waals surface area contributed by atoms with Crippen molar-refractivity contribution >= 4 is 23.2 Å². The summed E-state index contributed by atoms with van der Waals surface area (Å²) in [5.41, 5.74) is 1.65. The van der Waals surface area contributed by atoms with Gasteiger partial charge in [-0.2, -0.15) is 0 Å². The summed E-state index contributed by atoms with van der Waals surface area (Å²) in [7, 11) is 0. The minimum atomic E-state index is 0.0909. The lowest BCUT2D eigenvalue weighted by atomic mass is 9.90. The van der Waals surface area contributed by atoms with Gasteiger partial charge in [0.05, 0.1) is 0 Å². The first-order valence-electron chi connectivity index (χ1n) is 6.65. The molecule has 0 heterocycles. The van der Waals surface area contributed by atoms with Gasteiger partial charge >= 0.3 is 0 Å². The number of carbonyl (C=O) groups is 2. The van der Waals surface area contributed by atoms with Gasteiger partial charge in [0.1, 0.15) is 6.29 Å². The van der Waals surface area contributed by atoms with Crippen molar-refractivity contribution in [2.45, 2.75) is 40.0 Å². The molecule has 0 saturated carbocycles. The van der Waals surface area contributed by atoms with Crippen LogP contribution in [0.5, 0.6) is 0 Å². The molecule has 104 valence electrons. The van der Waals surface area contributed by atoms with Gasteiger partial charge in [0, 0.05) is 16.9 Å². The van der Waals surface area contributed by atoms with Gasteiger partial charge in [-0.15, -0.1) is 0 Å². The molecule has 19 heavy (non-hydrogen) atoms. The molecule has 0 aliphatic rings. The number of thioether (sulfide) groups is 1. The Kier molecular flexibility index (Phi) is 6.29. The number of carbonyl (C=O) groups excluding carboxylic acids is 2. The molecule has 1 aromatic carbocycles. The van der Waals surface area contributed by atoms with Crippen molar-refractivity contribution in [2.75, 3.05) is 5.75 Å². The quantitative estimate of drug-likeness (QED) is 0.564. The summed E-state index contributed by atoms with van der Waals surface area (Å²) in [6.07, 6.45) is 4.21. The maximum Gasteiger partial charge on any atom is 0.219 e. The van der Waals surface area contributed by atoms with Gasteiger partial charge in [0.2, 0.25) is 5.12 Å². The number of benzene rings is 1. The van der Waals surface area contributed by atoms with Gasteiger partial charge in [-0.3, -0.25) is 9.59 Å².